The van der Waals surface area contributed by atoms with E-state index < -0.39 is 0 Å². The van der Waals surface area contributed by atoms with E-state index in [2.05, 4.69) is 10.6 Å². The molecule has 0 aliphatic rings. The molecule has 0 bridgehead atoms. The molecule has 0 heterocycles. The van der Waals surface area contributed by atoms with Gasteiger partial charge in [-0.05, 0) is 12.3 Å². The molecule has 0 fully saturated rings. The fraction of sp³-hybridized carbons (Fsp3) is 0.909. The van der Waals surface area contributed by atoms with Crippen LogP contribution in [0, 0.1) is 5.92 Å². The molecule has 0 saturated heterocycles. The SMILES string of the molecule is CC(C)NCC(=O)NC(CCO)C(C)C. The van der Waals surface area contributed by atoms with Gasteiger partial charge in [0.15, 0.2) is 0 Å². The number of aliphatic hydroxyl groups excluding tert-OH is 1. The fourth-order valence-corrected chi connectivity index (χ4v) is 1.27. The summed E-state index contributed by atoms with van der Waals surface area (Å²) >= 11 is 0. The molecular weight excluding hydrogens is 192 g/mol. The zero-order chi connectivity index (χ0) is 11.8. The summed E-state index contributed by atoms with van der Waals surface area (Å²) in [5.74, 6) is 0.344. The van der Waals surface area contributed by atoms with Crippen molar-refractivity contribution in [1.82, 2.24) is 10.6 Å². The molecular formula is C11H24N2O2. The average Bonchev–Trinajstić information content (AvgIpc) is 2.14. The molecule has 0 aliphatic carbocycles. The highest BCUT2D eigenvalue weighted by molar-refractivity contribution is 5.78. The number of carbonyl (C=O) groups is 1. The van der Waals surface area contributed by atoms with Gasteiger partial charge in [-0.25, -0.2) is 0 Å². The summed E-state index contributed by atoms with van der Waals surface area (Å²) in [7, 11) is 0. The zero-order valence-corrected chi connectivity index (χ0v) is 10.2. The molecule has 3 N–H and O–H groups in total. The van der Waals surface area contributed by atoms with Crippen LogP contribution in [0.5, 0.6) is 0 Å². The van der Waals surface area contributed by atoms with Crippen LogP contribution in [0.25, 0.3) is 0 Å². The standard InChI is InChI=1S/C11H24N2O2/c1-8(2)10(5-6-14)13-11(15)7-12-9(3)4/h8-10,12,14H,5-7H2,1-4H3,(H,13,15). The number of aliphatic hydroxyl groups is 1. The minimum Gasteiger partial charge on any atom is -0.396 e. The maximum atomic E-state index is 11.5. The van der Waals surface area contributed by atoms with Crippen LogP contribution in [0.1, 0.15) is 34.1 Å². The Morgan fingerprint density at radius 3 is 2.27 bits per heavy atom. The number of nitrogens with one attached hydrogen (secondary N) is 2. The first kappa shape index (κ1) is 14.4. The summed E-state index contributed by atoms with van der Waals surface area (Å²) in [6, 6.07) is 0.377. The van der Waals surface area contributed by atoms with Gasteiger partial charge in [-0.1, -0.05) is 27.7 Å². The van der Waals surface area contributed by atoms with Gasteiger partial charge in [0, 0.05) is 18.7 Å². The quantitative estimate of drug-likeness (QED) is 0.581. The molecule has 0 aromatic heterocycles. The van der Waals surface area contributed by atoms with Crippen LogP contribution >= 0.6 is 0 Å². The molecule has 1 amide bonds. The van der Waals surface area contributed by atoms with Crippen molar-refractivity contribution in [3.8, 4) is 0 Å². The molecule has 0 aliphatic heterocycles. The fourth-order valence-electron chi connectivity index (χ4n) is 1.27. The second kappa shape index (κ2) is 7.65. The van der Waals surface area contributed by atoms with Crippen LogP contribution in [0.4, 0.5) is 0 Å². The minimum absolute atomic E-state index is 0.00384. The highest BCUT2D eigenvalue weighted by atomic mass is 16.3. The summed E-state index contributed by atoms with van der Waals surface area (Å²) in [4.78, 5) is 11.5. The maximum absolute atomic E-state index is 11.5. The first-order valence-electron chi connectivity index (χ1n) is 5.61. The van der Waals surface area contributed by atoms with E-state index in [9.17, 15) is 4.79 Å². The van der Waals surface area contributed by atoms with E-state index in [1.54, 1.807) is 0 Å². The van der Waals surface area contributed by atoms with E-state index in [-0.39, 0.29) is 18.6 Å². The summed E-state index contributed by atoms with van der Waals surface area (Å²) in [6.45, 7) is 8.53. The van der Waals surface area contributed by atoms with Gasteiger partial charge in [-0.2, -0.15) is 0 Å². The van der Waals surface area contributed by atoms with Gasteiger partial charge < -0.3 is 15.7 Å². The summed E-state index contributed by atoms with van der Waals surface area (Å²) in [6.07, 6.45) is 0.616. The zero-order valence-electron chi connectivity index (χ0n) is 10.2. The van der Waals surface area contributed by atoms with Crippen molar-refractivity contribution in [2.45, 2.75) is 46.2 Å². The molecule has 0 spiro atoms. The first-order valence-corrected chi connectivity index (χ1v) is 5.61. The van der Waals surface area contributed by atoms with Crippen LogP contribution in [-0.4, -0.2) is 36.2 Å². The van der Waals surface area contributed by atoms with E-state index in [4.69, 9.17) is 5.11 Å². The lowest BCUT2D eigenvalue weighted by Crippen LogP contribution is -2.44. The molecule has 1 atom stereocenters. The van der Waals surface area contributed by atoms with Gasteiger partial charge in [-0.3, -0.25) is 4.79 Å². The molecule has 4 heteroatoms. The summed E-state index contributed by atoms with van der Waals surface area (Å²) in [5.41, 5.74) is 0. The van der Waals surface area contributed by atoms with Gasteiger partial charge in [0.2, 0.25) is 5.91 Å². The Morgan fingerprint density at radius 2 is 1.87 bits per heavy atom. The number of hydrogen-bond donors (Lipinski definition) is 3. The van der Waals surface area contributed by atoms with E-state index in [1.807, 2.05) is 27.7 Å². The van der Waals surface area contributed by atoms with Gasteiger partial charge in [0.1, 0.15) is 0 Å². The van der Waals surface area contributed by atoms with E-state index in [1.165, 1.54) is 0 Å². The highest BCUT2D eigenvalue weighted by Gasteiger charge is 2.15. The lowest BCUT2D eigenvalue weighted by atomic mass is 10.0. The third kappa shape index (κ3) is 7.33. The molecule has 0 saturated carbocycles. The number of amides is 1. The van der Waals surface area contributed by atoms with Crippen molar-refractivity contribution in [2.75, 3.05) is 13.2 Å². The van der Waals surface area contributed by atoms with Crippen molar-refractivity contribution >= 4 is 5.91 Å². The van der Waals surface area contributed by atoms with Crippen LogP contribution in [0.3, 0.4) is 0 Å². The normalized spacial score (nSPS) is 13.3. The van der Waals surface area contributed by atoms with Gasteiger partial charge in [-0.15, -0.1) is 0 Å². The number of rotatable bonds is 7. The van der Waals surface area contributed by atoms with Crippen molar-refractivity contribution in [3.63, 3.8) is 0 Å². The Morgan fingerprint density at radius 1 is 1.27 bits per heavy atom. The predicted octanol–water partition coefficient (Wildman–Crippen LogP) is 0.508. The molecule has 4 nitrogen and oxygen atoms in total. The maximum Gasteiger partial charge on any atom is 0.234 e. The second-order valence-electron chi connectivity index (χ2n) is 4.47. The van der Waals surface area contributed by atoms with Crippen LogP contribution < -0.4 is 10.6 Å². The van der Waals surface area contributed by atoms with Crippen molar-refractivity contribution < 1.29 is 9.90 Å². The Kier molecular flexibility index (Phi) is 7.34. The largest absolute Gasteiger partial charge is 0.396 e. The van der Waals surface area contributed by atoms with Gasteiger partial charge in [0.25, 0.3) is 0 Å². The second-order valence-corrected chi connectivity index (χ2v) is 4.47. The predicted molar refractivity (Wildman–Crippen MR) is 61.6 cm³/mol. The van der Waals surface area contributed by atoms with Crippen LogP contribution in [-0.2, 0) is 4.79 Å². The molecule has 0 radical (unpaired) electrons. The monoisotopic (exact) mass is 216 g/mol. The van der Waals surface area contributed by atoms with E-state index in [0.717, 1.165) is 0 Å². The summed E-state index contributed by atoms with van der Waals surface area (Å²) < 4.78 is 0. The van der Waals surface area contributed by atoms with Crippen molar-refractivity contribution in [3.05, 3.63) is 0 Å². The van der Waals surface area contributed by atoms with E-state index >= 15 is 0 Å². The van der Waals surface area contributed by atoms with Gasteiger partial charge in [0.05, 0.1) is 6.54 Å². The molecule has 0 aromatic rings. The Balaban J connectivity index is 3.89. The Labute approximate surface area is 92.4 Å². The van der Waals surface area contributed by atoms with Crippen LogP contribution in [0.15, 0.2) is 0 Å². The smallest absolute Gasteiger partial charge is 0.234 e. The highest BCUT2D eigenvalue weighted by Crippen LogP contribution is 2.04. The topological polar surface area (TPSA) is 61.4 Å². The lowest BCUT2D eigenvalue weighted by molar-refractivity contribution is -0.121. The Bertz CT molecular complexity index is 181. The van der Waals surface area contributed by atoms with Crippen molar-refractivity contribution in [2.24, 2.45) is 5.92 Å². The van der Waals surface area contributed by atoms with Crippen molar-refractivity contribution in [1.29, 1.82) is 0 Å². The van der Waals surface area contributed by atoms with E-state index in [0.29, 0.717) is 24.9 Å². The third-order valence-electron chi connectivity index (χ3n) is 2.26. The summed E-state index contributed by atoms with van der Waals surface area (Å²) in [5, 5.41) is 14.8. The molecule has 15 heavy (non-hydrogen) atoms. The molecule has 0 rings (SSSR count). The third-order valence-corrected chi connectivity index (χ3v) is 2.26. The molecule has 1 unspecified atom stereocenters. The molecule has 0 aromatic carbocycles. The van der Waals surface area contributed by atoms with Gasteiger partial charge >= 0.3 is 0 Å². The lowest BCUT2D eigenvalue weighted by Gasteiger charge is -2.21. The van der Waals surface area contributed by atoms with Crippen LogP contribution in [0.2, 0.25) is 0 Å². The number of hydrogen-bond acceptors (Lipinski definition) is 3. The Hall–Kier alpha value is -0.610. The average molecular weight is 216 g/mol. The minimum atomic E-state index is -0.00384. The first-order chi connectivity index (χ1) is 6.97. The number of carbonyl (C=O) groups excluding carboxylic acids is 1. The molecule has 90 valence electrons.